The van der Waals surface area contributed by atoms with Crippen molar-refractivity contribution in [1.29, 1.82) is 0 Å². The van der Waals surface area contributed by atoms with Crippen LogP contribution in [0.1, 0.15) is 38.5 Å². The zero-order valence-electron chi connectivity index (χ0n) is 14.2. The zero-order chi connectivity index (χ0) is 17.2. The molecule has 1 amide bonds. The Morgan fingerprint density at radius 1 is 1.36 bits per heavy atom. The molecule has 134 valence electrons. The van der Waals surface area contributed by atoms with Crippen LogP contribution < -0.4 is 4.74 Å². The molecule has 25 heavy (non-hydrogen) atoms. The fourth-order valence-corrected chi connectivity index (χ4v) is 4.10. The monoisotopic (exact) mass is 346 g/mol. The molecular weight excluding hydrogens is 323 g/mol. The Bertz CT molecular complexity index is 678. The highest BCUT2D eigenvalue weighted by atomic mass is 19.1. The molecule has 2 bridgehead atoms. The van der Waals surface area contributed by atoms with Crippen molar-refractivity contribution in [2.45, 2.75) is 56.8 Å². The van der Waals surface area contributed by atoms with Crippen LogP contribution in [0.2, 0.25) is 0 Å². The van der Waals surface area contributed by atoms with Gasteiger partial charge in [0.15, 0.2) is 5.82 Å². The molecule has 1 saturated heterocycles. The van der Waals surface area contributed by atoms with E-state index in [9.17, 15) is 9.18 Å². The van der Waals surface area contributed by atoms with Gasteiger partial charge in [0, 0.05) is 18.3 Å². The second-order valence-electron chi connectivity index (χ2n) is 6.90. The molecule has 3 unspecified atom stereocenters. The van der Waals surface area contributed by atoms with E-state index >= 15 is 0 Å². The maximum absolute atomic E-state index is 13.9. The van der Waals surface area contributed by atoms with Gasteiger partial charge in [-0.2, -0.15) is 0 Å². The van der Waals surface area contributed by atoms with Crippen LogP contribution in [0.5, 0.6) is 5.88 Å². The molecule has 0 aromatic carbocycles. The molecule has 2 aliphatic carbocycles. The maximum atomic E-state index is 13.9. The van der Waals surface area contributed by atoms with Crippen molar-refractivity contribution >= 4 is 5.91 Å². The minimum atomic E-state index is -0.487. The van der Waals surface area contributed by atoms with E-state index in [0.29, 0.717) is 13.2 Å². The molecular formula is C19H23FN2O3. The van der Waals surface area contributed by atoms with Crippen LogP contribution in [-0.2, 0) is 9.53 Å². The number of ether oxygens (including phenoxy) is 2. The molecule has 1 aromatic heterocycles. The molecule has 2 fully saturated rings. The number of carbonyl (C=O) groups excluding carboxylic acids is 1. The topological polar surface area (TPSA) is 51.7 Å². The molecule has 0 radical (unpaired) electrons. The van der Waals surface area contributed by atoms with Crippen LogP contribution in [0.15, 0.2) is 30.0 Å². The SMILES string of the molecule is O=C(C1=CCCCC1)N1CCOC2CCC1C2Oc1ncccc1F. The molecule has 5 nitrogen and oxygen atoms in total. The van der Waals surface area contributed by atoms with E-state index in [1.165, 1.54) is 18.3 Å². The lowest BCUT2D eigenvalue weighted by atomic mass is 9.97. The first kappa shape index (κ1) is 16.5. The summed E-state index contributed by atoms with van der Waals surface area (Å²) in [6, 6.07) is 2.77. The predicted molar refractivity (Wildman–Crippen MR) is 89.6 cm³/mol. The molecule has 6 heteroatoms. The van der Waals surface area contributed by atoms with Crippen LogP contribution in [0.25, 0.3) is 0 Å². The number of allylic oxidation sites excluding steroid dienone is 1. The molecule has 0 spiro atoms. The molecule has 4 rings (SSSR count). The van der Waals surface area contributed by atoms with Crippen LogP contribution in [0.3, 0.4) is 0 Å². The lowest BCUT2D eigenvalue weighted by Gasteiger charge is -2.32. The van der Waals surface area contributed by atoms with Crippen molar-refractivity contribution in [3.05, 3.63) is 35.8 Å². The number of amides is 1. The first-order valence-corrected chi connectivity index (χ1v) is 9.13. The summed E-state index contributed by atoms with van der Waals surface area (Å²) in [6.07, 6.45) is 8.72. The second-order valence-corrected chi connectivity index (χ2v) is 6.90. The van der Waals surface area contributed by atoms with E-state index in [2.05, 4.69) is 11.1 Å². The second kappa shape index (κ2) is 7.12. The number of carbonyl (C=O) groups is 1. The van der Waals surface area contributed by atoms with Crippen molar-refractivity contribution in [3.63, 3.8) is 0 Å². The van der Waals surface area contributed by atoms with Gasteiger partial charge in [-0.05, 0) is 50.7 Å². The molecule has 2 heterocycles. The Kier molecular flexibility index (Phi) is 4.70. The third-order valence-corrected chi connectivity index (χ3v) is 5.36. The van der Waals surface area contributed by atoms with Gasteiger partial charge in [0.1, 0.15) is 6.10 Å². The average molecular weight is 346 g/mol. The Morgan fingerprint density at radius 2 is 2.28 bits per heavy atom. The van der Waals surface area contributed by atoms with Gasteiger partial charge in [-0.1, -0.05) is 6.08 Å². The number of nitrogens with zero attached hydrogens (tertiary/aromatic N) is 2. The molecule has 1 aromatic rings. The minimum absolute atomic E-state index is 0.0146. The number of hydrogen-bond donors (Lipinski definition) is 0. The average Bonchev–Trinajstić information content (AvgIpc) is 2.92. The van der Waals surface area contributed by atoms with E-state index in [-0.39, 0.29) is 30.0 Å². The van der Waals surface area contributed by atoms with E-state index in [1.807, 2.05) is 4.90 Å². The third kappa shape index (κ3) is 3.27. The molecule has 3 aliphatic rings. The maximum Gasteiger partial charge on any atom is 0.250 e. The number of hydrogen-bond acceptors (Lipinski definition) is 4. The van der Waals surface area contributed by atoms with Gasteiger partial charge in [-0.15, -0.1) is 0 Å². The lowest BCUT2D eigenvalue weighted by Crippen LogP contribution is -2.48. The summed E-state index contributed by atoms with van der Waals surface area (Å²) in [5.41, 5.74) is 0.902. The highest BCUT2D eigenvalue weighted by Crippen LogP contribution is 2.34. The fourth-order valence-electron chi connectivity index (χ4n) is 4.10. The van der Waals surface area contributed by atoms with E-state index in [4.69, 9.17) is 9.47 Å². The summed E-state index contributed by atoms with van der Waals surface area (Å²) in [5.74, 6) is -0.413. The predicted octanol–water partition coefficient (Wildman–Crippen LogP) is 2.86. The Morgan fingerprint density at radius 3 is 3.08 bits per heavy atom. The largest absolute Gasteiger partial charge is 0.467 e. The van der Waals surface area contributed by atoms with Crippen molar-refractivity contribution in [3.8, 4) is 5.88 Å². The summed E-state index contributed by atoms with van der Waals surface area (Å²) in [6.45, 7) is 1.05. The molecule has 0 N–H and O–H groups in total. The van der Waals surface area contributed by atoms with Gasteiger partial charge in [0.05, 0.1) is 18.8 Å². The van der Waals surface area contributed by atoms with Gasteiger partial charge in [0.25, 0.3) is 5.88 Å². The van der Waals surface area contributed by atoms with Gasteiger partial charge in [-0.25, -0.2) is 9.37 Å². The Balaban J connectivity index is 1.57. The normalized spacial score (nSPS) is 29.1. The zero-order valence-corrected chi connectivity index (χ0v) is 14.2. The summed E-state index contributed by atoms with van der Waals surface area (Å²) in [4.78, 5) is 18.9. The molecule has 3 atom stereocenters. The number of halogens is 1. The standard InChI is InChI=1S/C19H23FN2O3/c20-14-7-4-10-21-18(14)25-17-15-8-9-16(17)24-12-11-22(15)19(23)13-5-2-1-3-6-13/h4-5,7,10,15-17H,1-3,6,8-9,11-12H2. The molecule has 1 aliphatic heterocycles. The summed E-state index contributed by atoms with van der Waals surface area (Å²) >= 11 is 0. The quantitative estimate of drug-likeness (QED) is 0.844. The number of pyridine rings is 1. The van der Waals surface area contributed by atoms with Crippen molar-refractivity contribution in [1.82, 2.24) is 9.88 Å². The first-order valence-electron chi connectivity index (χ1n) is 9.13. The number of rotatable bonds is 3. The summed E-state index contributed by atoms with van der Waals surface area (Å²) in [7, 11) is 0. The van der Waals surface area contributed by atoms with Crippen molar-refractivity contribution in [2.75, 3.05) is 13.2 Å². The smallest absolute Gasteiger partial charge is 0.250 e. The Labute approximate surface area is 146 Å². The number of aromatic nitrogens is 1. The van der Waals surface area contributed by atoms with Crippen LogP contribution in [0.4, 0.5) is 4.39 Å². The minimum Gasteiger partial charge on any atom is -0.467 e. The van der Waals surface area contributed by atoms with Gasteiger partial charge in [0.2, 0.25) is 5.91 Å². The van der Waals surface area contributed by atoms with Gasteiger partial charge < -0.3 is 14.4 Å². The number of fused-ring (bicyclic) bond motifs is 2. The van der Waals surface area contributed by atoms with Crippen molar-refractivity contribution in [2.24, 2.45) is 0 Å². The van der Waals surface area contributed by atoms with Crippen LogP contribution >= 0.6 is 0 Å². The van der Waals surface area contributed by atoms with Crippen LogP contribution in [0, 0.1) is 5.82 Å². The third-order valence-electron chi connectivity index (χ3n) is 5.36. The lowest BCUT2D eigenvalue weighted by molar-refractivity contribution is -0.130. The van der Waals surface area contributed by atoms with E-state index in [0.717, 1.165) is 44.1 Å². The van der Waals surface area contributed by atoms with E-state index < -0.39 is 5.82 Å². The summed E-state index contributed by atoms with van der Waals surface area (Å²) < 4.78 is 25.7. The molecule has 1 saturated carbocycles. The van der Waals surface area contributed by atoms with Crippen molar-refractivity contribution < 1.29 is 18.7 Å². The highest BCUT2D eigenvalue weighted by molar-refractivity contribution is 5.93. The van der Waals surface area contributed by atoms with E-state index in [1.54, 1.807) is 0 Å². The van der Waals surface area contributed by atoms with Crippen LogP contribution in [-0.4, -0.2) is 47.2 Å². The highest BCUT2D eigenvalue weighted by Gasteiger charge is 2.46. The van der Waals surface area contributed by atoms with Gasteiger partial charge in [-0.3, -0.25) is 4.79 Å². The fraction of sp³-hybridized carbons (Fsp3) is 0.579. The first-order chi connectivity index (χ1) is 12.2. The summed E-state index contributed by atoms with van der Waals surface area (Å²) in [5, 5.41) is 0. The van der Waals surface area contributed by atoms with Gasteiger partial charge >= 0.3 is 0 Å². The Hall–Kier alpha value is -1.95.